The van der Waals surface area contributed by atoms with Gasteiger partial charge in [-0.05, 0) is 30.0 Å². The van der Waals surface area contributed by atoms with Crippen molar-refractivity contribution < 1.29 is 0 Å². The molecule has 96 valence electrons. The Hall–Kier alpha value is -1.55. The first kappa shape index (κ1) is 12.9. The SMILES string of the molecule is CCCCCn1c(-c2cccs2)ccc(N)c1=O. The summed E-state index contributed by atoms with van der Waals surface area (Å²) in [6.07, 6.45) is 3.29. The molecule has 2 N–H and O–H groups in total. The Kier molecular flexibility index (Phi) is 4.20. The van der Waals surface area contributed by atoms with Crippen LogP contribution in [0.25, 0.3) is 10.6 Å². The van der Waals surface area contributed by atoms with Gasteiger partial charge in [0.15, 0.2) is 0 Å². The van der Waals surface area contributed by atoms with Crippen LogP contribution in [0.3, 0.4) is 0 Å². The van der Waals surface area contributed by atoms with E-state index in [0.29, 0.717) is 5.69 Å². The van der Waals surface area contributed by atoms with Crippen molar-refractivity contribution in [2.45, 2.75) is 32.7 Å². The summed E-state index contributed by atoms with van der Waals surface area (Å²) < 4.78 is 1.80. The third-order valence-corrected chi connectivity index (χ3v) is 3.85. The Morgan fingerprint density at radius 2 is 2.11 bits per heavy atom. The van der Waals surface area contributed by atoms with Crippen molar-refractivity contribution in [2.24, 2.45) is 0 Å². The zero-order chi connectivity index (χ0) is 13.0. The van der Waals surface area contributed by atoms with E-state index in [4.69, 9.17) is 5.73 Å². The van der Waals surface area contributed by atoms with Gasteiger partial charge in [-0.3, -0.25) is 4.79 Å². The van der Waals surface area contributed by atoms with Crippen molar-refractivity contribution in [2.75, 3.05) is 5.73 Å². The van der Waals surface area contributed by atoms with Gasteiger partial charge >= 0.3 is 0 Å². The molecule has 3 nitrogen and oxygen atoms in total. The van der Waals surface area contributed by atoms with Crippen LogP contribution in [-0.2, 0) is 6.54 Å². The van der Waals surface area contributed by atoms with Gasteiger partial charge in [0.25, 0.3) is 5.56 Å². The van der Waals surface area contributed by atoms with Gasteiger partial charge in [-0.1, -0.05) is 25.8 Å². The Balaban J connectivity index is 2.40. The van der Waals surface area contributed by atoms with E-state index >= 15 is 0 Å². The number of nitrogen functional groups attached to an aromatic ring is 1. The number of anilines is 1. The average Bonchev–Trinajstić information content (AvgIpc) is 2.88. The smallest absolute Gasteiger partial charge is 0.274 e. The minimum atomic E-state index is -0.0722. The first-order chi connectivity index (χ1) is 8.74. The van der Waals surface area contributed by atoms with Gasteiger partial charge in [0, 0.05) is 6.54 Å². The molecule has 2 aromatic rings. The standard InChI is InChI=1S/C14H18N2OS/c1-2-3-4-9-16-12(13-6-5-10-18-13)8-7-11(15)14(16)17/h5-8,10H,2-4,9,15H2,1H3. The zero-order valence-electron chi connectivity index (χ0n) is 10.6. The summed E-state index contributed by atoms with van der Waals surface area (Å²) >= 11 is 1.64. The molecule has 0 aliphatic rings. The van der Waals surface area contributed by atoms with Crippen LogP contribution >= 0.6 is 11.3 Å². The second-order valence-electron chi connectivity index (χ2n) is 4.32. The molecule has 0 aromatic carbocycles. The summed E-state index contributed by atoms with van der Waals surface area (Å²) in [5.74, 6) is 0. The third-order valence-electron chi connectivity index (χ3n) is 2.96. The fourth-order valence-electron chi connectivity index (χ4n) is 1.98. The summed E-state index contributed by atoms with van der Waals surface area (Å²) in [6.45, 7) is 2.90. The minimum absolute atomic E-state index is 0.0722. The van der Waals surface area contributed by atoms with Crippen molar-refractivity contribution in [1.29, 1.82) is 0 Å². The van der Waals surface area contributed by atoms with Crippen molar-refractivity contribution in [3.05, 3.63) is 40.0 Å². The van der Waals surface area contributed by atoms with Gasteiger partial charge < -0.3 is 10.3 Å². The highest BCUT2D eigenvalue weighted by Gasteiger charge is 2.09. The number of nitrogens with zero attached hydrogens (tertiary/aromatic N) is 1. The molecule has 0 spiro atoms. The monoisotopic (exact) mass is 262 g/mol. The number of nitrogens with two attached hydrogens (primary N) is 1. The lowest BCUT2D eigenvalue weighted by molar-refractivity contribution is 0.593. The highest BCUT2D eigenvalue weighted by atomic mass is 32.1. The molecule has 4 heteroatoms. The van der Waals surface area contributed by atoms with Gasteiger partial charge in [0.2, 0.25) is 0 Å². The van der Waals surface area contributed by atoms with Crippen LogP contribution in [0.5, 0.6) is 0 Å². The number of thiophene rings is 1. The normalized spacial score (nSPS) is 10.7. The zero-order valence-corrected chi connectivity index (χ0v) is 11.4. The molecule has 0 radical (unpaired) electrons. The minimum Gasteiger partial charge on any atom is -0.394 e. The fourth-order valence-corrected chi connectivity index (χ4v) is 2.74. The van der Waals surface area contributed by atoms with E-state index < -0.39 is 0 Å². The van der Waals surface area contributed by atoms with Crippen LogP contribution in [-0.4, -0.2) is 4.57 Å². The fraction of sp³-hybridized carbons (Fsp3) is 0.357. The highest BCUT2D eigenvalue weighted by molar-refractivity contribution is 7.13. The second kappa shape index (κ2) is 5.87. The Morgan fingerprint density at radius 3 is 2.78 bits per heavy atom. The maximum absolute atomic E-state index is 12.1. The van der Waals surface area contributed by atoms with E-state index in [0.717, 1.165) is 36.4 Å². The van der Waals surface area contributed by atoms with E-state index in [9.17, 15) is 4.79 Å². The van der Waals surface area contributed by atoms with Crippen LogP contribution in [0.2, 0.25) is 0 Å². The molecule has 0 aliphatic carbocycles. The van der Waals surface area contributed by atoms with Gasteiger partial charge in [-0.15, -0.1) is 11.3 Å². The van der Waals surface area contributed by atoms with E-state index in [1.165, 1.54) is 0 Å². The third kappa shape index (κ3) is 2.64. The number of hydrogen-bond acceptors (Lipinski definition) is 3. The summed E-state index contributed by atoms with van der Waals surface area (Å²) in [7, 11) is 0. The van der Waals surface area contributed by atoms with Gasteiger partial charge in [0.05, 0.1) is 16.3 Å². The Bertz CT molecular complexity index is 558. The summed E-state index contributed by atoms with van der Waals surface area (Å²) in [5, 5.41) is 2.02. The molecule has 0 amide bonds. The van der Waals surface area contributed by atoms with Crippen molar-refractivity contribution in [3.63, 3.8) is 0 Å². The predicted octanol–water partition coefficient (Wildman–Crippen LogP) is 3.35. The lowest BCUT2D eigenvalue weighted by Crippen LogP contribution is -2.24. The number of aromatic nitrogens is 1. The molecular formula is C14H18N2OS. The first-order valence-corrected chi connectivity index (χ1v) is 7.15. The molecule has 2 heterocycles. The predicted molar refractivity (Wildman–Crippen MR) is 78.0 cm³/mol. The molecule has 18 heavy (non-hydrogen) atoms. The van der Waals surface area contributed by atoms with E-state index in [1.807, 2.05) is 23.6 Å². The molecule has 0 unspecified atom stereocenters. The lowest BCUT2D eigenvalue weighted by Gasteiger charge is -2.12. The van der Waals surface area contributed by atoms with Crippen LogP contribution in [0.1, 0.15) is 26.2 Å². The van der Waals surface area contributed by atoms with Gasteiger partial charge in [0.1, 0.15) is 0 Å². The van der Waals surface area contributed by atoms with Crippen molar-refractivity contribution in [3.8, 4) is 10.6 Å². The number of pyridine rings is 1. The first-order valence-electron chi connectivity index (χ1n) is 6.27. The van der Waals surface area contributed by atoms with Crippen molar-refractivity contribution in [1.82, 2.24) is 4.57 Å². The molecule has 2 aromatic heterocycles. The van der Waals surface area contributed by atoms with Crippen molar-refractivity contribution >= 4 is 17.0 Å². The Morgan fingerprint density at radius 1 is 1.28 bits per heavy atom. The van der Waals surface area contributed by atoms with Crippen LogP contribution in [0.15, 0.2) is 34.4 Å². The van der Waals surface area contributed by atoms with Crippen LogP contribution in [0, 0.1) is 0 Å². The average molecular weight is 262 g/mol. The van der Waals surface area contributed by atoms with Crippen LogP contribution < -0.4 is 11.3 Å². The topological polar surface area (TPSA) is 48.0 Å². The maximum atomic E-state index is 12.1. The number of hydrogen-bond donors (Lipinski definition) is 1. The molecule has 0 aliphatic heterocycles. The number of rotatable bonds is 5. The molecule has 0 saturated carbocycles. The molecule has 0 bridgehead atoms. The second-order valence-corrected chi connectivity index (χ2v) is 5.26. The molecular weight excluding hydrogens is 244 g/mol. The molecule has 0 saturated heterocycles. The molecule has 2 rings (SSSR count). The quantitative estimate of drug-likeness (QED) is 0.840. The number of unbranched alkanes of at least 4 members (excludes halogenated alkanes) is 2. The van der Waals surface area contributed by atoms with Gasteiger partial charge in [-0.25, -0.2) is 0 Å². The largest absolute Gasteiger partial charge is 0.394 e. The summed E-state index contributed by atoms with van der Waals surface area (Å²) in [4.78, 5) is 13.2. The van der Waals surface area contributed by atoms with E-state index in [-0.39, 0.29) is 5.56 Å². The summed E-state index contributed by atoms with van der Waals surface area (Å²) in [5.41, 5.74) is 6.94. The molecule has 0 fully saturated rings. The van der Waals surface area contributed by atoms with E-state index in [2.05, 4.69) is 6.92 Å². The maximum Gasteiger partial charge on any atom is 0.274 e. The molecule has 0 atom stereocenters. The summed E-state index contributed by atoms with van der Waals surface area (Å²) in [6, 6.07) is 7.67. The van der Waals surface area contributed by atoms with Crippen LogP contribution in [0.4, 0.5) is 5.69 Å². The Labute approximate surface area is 111 Å². The lowest BCUT2D eigenvalue weighted by atomic mass is 10.2. The van der Waals surface area contributed by atoms with Gasteiger partial charge in [-0.2, -0.15) is 0 Å². The highest BCUT2D eigenvalue weighted by Crippen LogP contribution is 2.24. The van der Waals surface area contributed by atoms with E-state index in [1.54, 1.807) is 22.0 Å².